The summed E-state index contributed by atoms with van der Waals surface area (Å²) in [5.74, 6) is 0.847. The van der Waals surface area contributed by atoms with Gasteiger partial charge in [-0.3, -0.25) is 9.59 Å². The van der Waals surface area contributed by atoms with Crippen molar-refractivity contribution in [2.75, 3.05) is 20.2 Å². The van der Waals surface area contributed by atoms with Crippen LogP contribution in [-0.2, 0) is 16.0 Å². The number of hydrogen-bond acceptors (Lipinski definition) is 3. The Morgan fingerprint density at radius 1 is 0.903 bits per heavy atom. The Labute approximate surface area is 185 Å². The topological polar surface area (TPSA) is 49.9 Å². The summed E-state index contributed by atoms with van der Waals surface area (Å²) in [5, 5.41) is 0. The van der Waals surface area contributed by atoms with Crippen molar-refractivity contribution < 1.29 is 14.3 Å². The van der Waals surface area contributed by atoms with Crippen LogP contribution >= 0.6 is 0 Å². The first-order valence-corrected chi connectivity index (χ1v) is 11.4. The Hall–Kier alpha value is -2.82. The van der Waals surface area contributed by atoms with Crippen molar-refractivity contribution in [1.29, 1.82) is 0 Å². The number of methoxy groups -OCH3 is 1. The molecule has 1 aliphatic heterocycles. The van der Waals surface area contributed by atoms with Crippen LogP contribution in [0.15, 0.2) is 54.6 Å². The predicted octanol–water partition coefficient (Wildman–Crippen LogP) is 4.37. The predicted molar refractivity (Wildman–Crippen MR) is 121 cm³/mol. The number of carbonyl (C=O) groups excluding carboxylic acids is 2. The van der Waals surface area contributed by atoms with Crippen LogP contribution in [-0.4, -0.2) is 47.9 Å². The molecule has 2 amide bonds. The van der Waals surface area contributed by atoms with E-state index in [0.717, 1.165) is 43.4 Å². The van der Waals surface area contributed by atoms with Gasteiger partial charge < -0.3 is 14.5 Å². The summed E-state index contributed by atoms with van der Waals surface area (Å²) in [6.45, 7) is 0.731. The average Bonchev–Trinajstić information content (AvgIpc) is 3.09. The van der Waals surface area contributed by atoms with Crippen LogP contribution in [0, 0.1) is 0 Å². The van der Waals surface area contributed by atoms with Crippen LogP contribution < -0.4 is 4.74 Å². The van der Waals surface area contributed by atoms with E-state index in [1.165, 1.54) is 18.4 Å². The van der Waals surface area contributed by atoms with Crippen molar-refractivity contribution >= 4 is 11.8 Å². The van der Waals surface area contributed by atoms with Gasteiger partial charge >= 0.3 is 0 Å². The van der Waals surface area contributed by atoms with E-state index < -0.39 is 6.04 Å². The summed E-state index contributed by atoms with van der Waals surface area (Å²) in [4.78, 5) is 30.7. The lowest BCUT2D eigenvalue weighted by Crippen LogP contribution is -2.58. The Bertz CT molecular complexity index is 873. The molecule has 0 aromatic heterocycles. The highest BCUT2D eigenvalue weighted by atomic mass is 16.5. The fourth-order valence-electron chi connectivity index (χ4n) is 4.88. The molecule has 164 valence electrons. The highest BCUT2D eigenvalue weighted by Gasteiger charge is 2.42. The van der Waals surface area contributed by atoms with Crippen LogP contribution in [0.2, 0.25) is 0 Å². The van der Waals surface area contributed by atoms with Gasteiger partial charge in [0.25, 0.3) is 5.91 Å². The van der Waals surface area contributed by atoms with E-state index in [4.69, 9.17) is 4.74 Å². The van der Waals surface area contributed by atoms with Crippen molar-refractivity contribution in [3.63, 3.8) is 0 Å². The average molecular weight is 421 g/mol. The summed E-state index contributed by atoms with van der Waals surface area (Å²) in [5.41, 5.74) is 2.02. The van der Waals surface area contributed by atoms with Crippen LogP contribution in [0.5, 0.6) is 5.75 Å². The number of ether oxygens (including phenoxy) is 1. The van der Waals surface area contributed by atoms with Gasteiger partial charge in [-0.15, -0.1) is 0 Å². The molecular formula is C26H32N2O3. The number of carbonyl (C=O) groups is 2. The van der Waals surface area contributed by atoms with Crippen LogP contribution in [0.3, 0.4) is 0 Å². The van der Waals surface area contributed by atoms with E-state index >= 15 is 0 Å². The van der Waals surface area contributed by atoms with E-state index in [1.807, 2.05) is 47.4 Å². The minimum absolute atomic E-state index is 0.0422. The third-order valence-corrected chi connectivity index (χ3v) is 6.64. The first-order valence-electron chi connectivity index (χ1n) is 11.4. The molecule has 2 fully saturated rings. The van der Waals surface area contributed by atoms with Gasteiger partial charge in [0, 0.05) is 12.6 Å². The summed E-state index contributed by atoms with van der Waals surface area (Å²) >= 11 is 0. The Morgan fingerprint density at radius 2 is 1.58 bits per heavy atom. The molecule has 1 atom stereocenters. The fraction of sp³-hybridized carbons (Fsp3) is 0.462. The third-order valence-electron chi connectivity index (χ3n) is 6.64. The van der Waals surface area contributed by atoms with Crippen molar-refractivity contribution in [2.24, 2.45) is 0 Å². The van der Waals surface area contributed by atoms with E-state index in [2.05, 4.69) is 12.1 Å². The van der Waals surface area contributed by atoms with E-state index in [-0.39, 0.29) is 24.4 Å². The van der Waals surface area contributed by atoms with Crippen LogP contribution in [0.1, 0.15) is 55.7 Å². The zero-order valence-electron chi connectivity index (χ0n) is 18.3. The molecule has 2 aromatic carbocycles. The second-order valence-electron chi connectivity index (χ2n) is 8.61. The first-order chi connectivity index (χ1) is 15.2. The van der Waals surface area contributed by atoms with Gasteiger partial charge in [-0.2, -0.15) is 0 Å². The molecular weight excluding hydrogens is 388 g/mol. The monoisotopic (exact) mass is 420 g/mol. The quantitative estimate of drug-likeness (QED) is 0.652. The maximum atomic E-state index is 13.8. The van der Waals surface area contributed by atoms with Gasteiger partial charge in [-0.1, -0.05) is 68.1 Å². The molecule has 0 spiro atoms. The molecule has 0 bridgehead atoms. The van der Waals surface area contributed by atoms with Gasteiger partial charge in [0.05, 0.1) is 7.11 Å². The number of amides is 2. The van der Waals surface area contributed by atoms with Crippen molar-refractivity contribution in [2.45, 2.75) is 57.0 Å². The molecule has 31 heavy (non-hydrogen) atoms. The number of piperazine rings is 1. The van der Waals surface area contributed by atoms with Crippen molar-refractivity contribution in [3.05, 3.63) is 65.7 Å². The van der Waals surface area contributed by atoms with Gasteiger partial charge in [-0.05, 0) is 42.5 Å². The van der Waals surface area contributed by atoms with Crippen LogP contribution in [0.25, 0.3) is 0 Å². The maximum absolute atomic E-state index is 13.8. The van der Waals surface area contributed by atoms with Gasteiger partial charge in [0.2, 0.25) is 5.91 Å². The number of benzene rings is 2. The fourth-order valence-corrected chi connectivity index (χ4v) is 4.88. The summed E-state index contributed by atoms with van der Waals surface area (Å²) in [7, 11) is 1.63. The lowest BCUT2D eigenvalue weighted by molar-refractivity contribution is -0.158. The molecule has 0 unspecified atom stereocenters. The second kappa shape index (κ2) is 9.99. The molecule has 2 aromatic rings. The normalized spacial score (nSPS) is 20.6. The molecule has 2 aliphatic rings. The number of hydrogen-bond donors (Lipinski definition) is 0. The Balaban J connectivity index is 1.61. The molecule has 1 saturated carbocycles. The van der Waals surface area contributed by atoms with E-state index in [0.29, 0.717) is 6.54 Å². The molecule has 0 radical (unpaired) electrons. The molecule has 5 heteroatoms. The number of nitrogens with zero attached hydrogens (tertiary/aromatic N) is 2. The Kier molecular flexibility index (Phi) is 6.90. The second-order valence-corrected chi connectivity index (χ2v) is 8.61. The van der Waals surface area contributed by atoms with Gasteiger partial charge in [-0.25, -0.2) is 0 Å². The van der Waals surface area contributed by atoms with E-state index in [9.17, 15) is 9.59 Å². The molecule has 1 heterocycles. The molecule has 5 nitrogen and oxygen atoms in total. The molecule has 0 N–H and O–H groups in total. The van der Waals surface area contributed by atoms with E-state index in [1.54, 1.807) is 12.0 Å². The van der Waals surface area contributed by atoms with Crippen molar-refractivity contribution in [3.8, 4) is 5.75 Å². The zero-order chi connectivity index (χ0) is 21.6. The first kappa shape index (κ1) is 21.4. The molecule has 1 aliphatic carbocycles. The summed E-state index contributed by atoms with van der Waals surface area (Å²) in [6, 6.07) is 17.3. The minimum Gasteiger partial charge on any atom is -0.497 e. The van der Waals surface area contributed by atoms with Gasteiger partial charge in [0.1, 0.15) is 18.3 Å². The highest BCUT2D eigenvalue weighted by molar-refractivity contribution is 5.95. The lowest BCUT2D eigenvalue weighted by atomic mass is 9.97. The molecule has 4 rings (SSSR count). The zero-order valence-corrected chi connectivity index (χ0v) is 18.3. The highest BCUT2D eigenvalue weighted by Crippen LogP contribution is 2.33. The lowest BCUT2D eigenvalue weighted by Gasteiger charge is -2.43. The molecule has 1 saturated heterocycles. The van der Waals surface area contributed by atoms with Gasteiger partial charge in [0.15, 0.2) is 0 Å². The number of rotatable bonds is 6. The summed E-state index contributed by atoms with van der Waals surface area (Å²) in [6.07, 6.45) is 7.43. The van der Waals surface area contributed by atoms with Crippen molar-refractivity contribution in [1.82, 2.24) is 9.80 Å². The SMILES string of the molecule is COc1ccc([C@@H]2C(=O)N(C3CCCCCC3)CC(=O)N2CCc2ccccc2)cc1. The van der Waals surface area contributed by atoms with Crippen LogP contribution in [0.4, 0.5) is 0 Å². The standard InChI is InChI=1S/C26H32N2O3/c1-31-23-15-13-21(14-16-23)25-26(30)28(22-11-7-2-3-8-12-22)19-24(29)27(25)18-17-20-9-5-4-6-10-20/h4-6,9-10,13-16,22,25H,2-3,7-8,11-12,17-19H2,1H3/t25-/m1/s1. The largest absolute Gasteiger partial charge is 0.497 e. The smallest absolute Gasteiger partial charge is 0.250 e. The third kappa shape index (κ3) is 4.92. The maximum Gasteiger partial charge on any atom is 0.250 e. The Morgan fingerprint density at radius 3 is 2.23 bits per heavy atom. The summed E-state index contributed by atoms with van der Waals surface area (Å²) < 4.78 is 5.29. The minimum atomic E-state index is -0.570.